The van der Waals surface area contributed by atoms with Crippen molar-refractivity contribution in [2.45, 2.75) is 70.3 Å². The summed E-state index contributed by atoms with van der Waals surface area (Å²) in [7, 11) is 0.0863. The molecule has 1 saturated heterocycles. The average Bonchev–Trinajstić information content (AvgIpc) is 3.34. The van der Waals surface area contributed by atoms with Gasteiger partial charge in [0.2, 0.25) is 0 Å². The maximum absolute atomic E-state index is 15.1. The quantitative estimate of drug-likeness (QED) is 0.567. The van der Waals surface area contributed by atoms with Gasteiger partial charge in [0, 0.05) is 12.5 Å². The van der Waals surface area contributed by atoms with E-state index in [-0.39, 0.29) is 47.0 Å². The number of rotatable bonds is 4. The van der Waals surface area contributed by atoms with Crippen molar-refractivity contribution in [2.75, 3.05) is 13.6 Å². The van der Waals surface area contributed by atoms with E-state index >= 15 is 8.78 Å². The number of carbonyl (C=O) groups is 1. The molecule has 30 heavy (non-hydrogen) atoms. The van der Waals surface area contributed by atoms with Gasteiger partial charge in [-0.3, -0.25) is 4.90 Å². The van der Waals surface area contributed by atoms with E-state index in [9.17, 15) is 4.79 Å². The van der Waals surface area contributed by atoms with Crippen LogP contribution in [0.25, 0.3) is 11.0 Å². The third-order valence-corrected chi connectivity index (χ3v) is 11.8. The van der Waals surface area contributed by atoms with Crippen LogP contribution in [0.5, 0.6) is 0 Å². The van der Waals surface area contributed by atoms with Gasteiger partial charge in [-0.1, -0.05) is 20.8 Å². The molecule has 1 unspecified atom stereocenters. The summed E-state index contributed by atoms with van der Waals surface area (Å²) in [4.78, 5) is 20.8. The minimum Gasteiger partial charge on any atom is -0.413 e. The molecule has 1 aliphatic carbocycles. The summed E-state index contributed by atoms with van der Waals surface area (Å²) < 4.78 is 36.8. The molecule has 1 N–H and O–H groups in total. The van der Waals surface area contributed by atoms with Crippen molar-refractivity contribution in [1.82, 2.24) is 14.9 Å². The van der Waals surface area contributed by atoms with Gasteiger partial charge < -0.3 is 14.2 Å². The van der Waals surface area contributed by atoms with Gasteiger partial charge in [0.15, 0.2) is 20.0 Å². The number of imidazole rings is 1. The highest BCUT2D eigenvalue weighted by molar-refractivity contribution is 6.74. The molecule has 1 fully saturated rings. The van der Waals surface area contributed by atoms with Gasteiger partial charge in [-0.05, 0) is 55.6 Å². The Morgan fingerprint density at radius 1 is 1.20 bits per heavy atom. The van der Waals surface area contributed by atoms with Gasteiger partial charge >= 0.3 is 0 Å². The van der Waals surface area contributed by atoms with Crippen LogP contribution in [0.1, 0.15) is 50.2 Å². The predicted octanol–water partition coefficient (Wildman–Crippen LogP) is 4.52. The van der Waals surface area contributed by atoms with Crippen molar-refractivity contribution in [3.05, 3.63) is 28.6 Å². The molecule has 2 aliphatic rings. The molecular weight excluding hydrogens is 404 g/mol. The highest BCUT2D eigenvalue weighted by atomic mass is 28.4. The van der Waals surface area contributed by atoms with Crippen LogP contribution in [0.15, 0.2) is 0 Å². The van der Waals surface area contributed by atoms with Gasteiger partial charge in [0.05, 0.1) is 12.1 Å². The molecule has 0 amide bonds. The van der Waals surface area contributed by atoms with Crippen molar-refractivity contribution in [1.29, 1.82) is 0 Å². The zero-order valence-corrected chi connectivity index (χ0v) is 19.6. The highest BCUT2D eigenvalue weighted by Crippen LogP contribution is 2.41. The number of aldehydes is 1. The zero-order valence-electron chi connectivity index (χ0n) is 18.6. The first-order valence-electron chi connectivity index (χ1n) is 10.6. The number of hydrogen-bond donors (Lipinski definition) is 1. The van der Waals surface area contributed by atoms with Gasteiger partial charge in [0.25, 0.3) is 0 Å². The van der Waals surface area contributed by atoms with Crippen LogP contribution in [-0.2, 0) is 22.1 Å². The topological polar surface area (TPSA) is 58.2 Å². The molecule has 4 rings (SSSR count). The number of aromatic nitrogens is 2. The lowest BCUT2D eigenvalue weighted by atomic mass is 10.1. The predicted molar refractivity (Wildman–Crippen MR) is 115 cm³/mol. The number of benzene rings is 1. The molecule has 3 atom stereocenters. The lowest BCUT2D eigenvalue weighted by Gasteiger charge is -2.38. The molecule has 5 nitrogen and oxygen atoms in total. The number of carbonyl (C=O) groups excluding carboxylic acids is 1. The third-order valence-electron chi connectivity index (χ3n) is 7.26. The molecule has 1 aromatic heterocycles. The van der Waals surface area contributed by atoms with E-state index in [0.29, 0.717) is 17.0 Å². The summed E-state index contributed by atoms with van der Waals surface area (Å²) in [5.74, 6) is -0.756. The van der Waals surface area contributed by atoms with Gasteiger partial charge in [-0.15, -0.1) is 0 Å². The Morgan fingerprint density at radius 2 is 1.83 bits per heavy atom. The number of aromatic amines is 1. The molecule has 8 heteroatoms. The molecular formula is C22H31F2N3O2Si. The first kappa shape index (κ1) is 21.6. The number of halogens is 2. The summed E-state index contributed by atoms with van der Waals surface area (Å²) in [6.45, 7) is 11.9. The first-order chi connectivity index (χ1) is 13.9. The van der Waals surface area contributed by atoms with Crippen molar-refractivity contribution in [2.24, 2.45) is 5.92 Å². The van der Waals surface area contributed by atoms with Crippen LogP contribution < -0.4 is 0 Å². The summed E-state index contributed by atoms with van der Waals surface area (Å²) >= 11 is 0. The Bertz CT molecular complexity index is 950. The van der Waals surface area contributed by atoms with Gasteiger partial charge in [-0.2, -0.15) is 0 Å². The third kappa shape index (κ3) is 3.42. The Kier molecular flexibility index (Phi) is 5.18. The summed E-state index contributed by atoms with van der Waals surface area (Å²) in [5, 5.41) is 0.120. The van der Waals surface area contributed by atoms with E-state index < -0.39 is 20.0 Å². The standard InChI is InChI=1S/C22H31F2N3O2Si/c1-22(2,3)30(5,6)29-13-9-16(27(4)10-13)21-25-19-17(23)14-7-12(11-28)8-15(14)18(24)20(19)26-21/h11-13,16H,7-10H2,1-6H3,(H,25,26)/t13-,16+/m1/s1. The van der Waals surface area contributed by atoms with E-state index in [4.69, 9.17) is 4.43 Å². The maximum Gasteiger partial charge on any atom is 0.192 e. The summed E-state index contributed by atoms with van der Waals surface area (Å²) in [6.07, 6.45) is 2.08. The number of H-pyrrole nitrogens is 1. The van der Waals surface area contributed by atoms with E-state index in [1.54, 1.807) is 0 Å². The van der Waals surface area contributed by atoms with Crippen LogP contribution in [-0.4, -0.2) is 49.2 Å². The number of nitrogens with one attached hydrogen (secondary N) is 1. The van der Waals surface area contributed by atoms with E-state index in [1.807, 2.05) is 7.05 Å². The van der Waals surface area contributed by atoms with E-state index in [2.05, 4.69) is 48.7 Å². The van der Waals surface area contributed by atoms with Crippen molar-refractivity contribution in [3.8, 4) is 0 Å². The molecule has 2 heterocycles. The molecule has 164 valence electrons. The average molecular weight is 436 g/mol. The fraction of sp³-hybridized carbons (Fsp3) is 0.636. The maximum atomic E-state index is 15.1. The number of fused-ring (bicyclic) bond motifs is 2. The largest absolute Gasteiger partial charge is 0.413 e. The van der Waals surface area contributed by atoms with Crippen molar-refractivity contribution < 1.29 is 18.0 Å². The molecule has 1 aromatic carbocycles. The second-order valence-electron chi connectivity index (χ2n) is 10.4. The summed E-state index contributed by atoms with van der Waals surface area (Å²) in [6, 6.07) is -0.0801. The van der Waals surface area contributed by atoms with Crippen LogP contribution in [0, 0.1) is 17.6 Å². The fourth-order valence-corrected chi connectivity index (χ4v) is 5.85. The van der Waals surface area contributed by atoms with Crippen LogP contribution in [0.2, 0.25) is 18.1 Å². The second-order valence-corrected chi connectivity index (χ2v) is 15.2. The minimum atomic E-state index is -1.91. The molecule has 1 aliphatic heterocycles. The molecule has 0 radical (unpaired) electrons. The number of likely N-dealkylation sites (tertiary alicyclic amines) is 1. The van der Waals surface area contributed by atoms with Gasteiger partial charge in [-0.25, -0.2) is 13.8 Å². The van der Waals surface area contributed by atoms with Gasteiger partial charge in [0.1, 0.15) is 23.1 Å². The van der Waals surface area contributed by atoms with Crippen molar-refractivity contribution >= 4 is 25.6 Å². The minimum absolute atomic E-state index is 0.0370. The highest BCUT2D eigenvalue weighted by Gasteiger charge is 2.43. The molecule has 0 bridgehead atoms. The lowest BCUT2D eigenvalue weighted by Crippen LogP contribution is -2.44. The smallest absolute Gasteiger partial charge is 0.192 e. The number of nitrogens with zero attached hydrogens (tertiary/aromatic N) is 2. The second kappa shape index (κ2) is 7.21. The van der Waals surface area contributed by atoms with E-state index in [1.165, 1.54) is 0 Å². The first-order valence-corrected chi connectivity index (χ1v) is 13.6. The Hall–Kier alpha value is -1.64. The van der Waals surface area contributed by atoms with E-state index in [0.717, 1.165) is 19.3 Å². The Morgan fingerprint density at radius 3 is 2.43 bits per heavy atom. The molecule has 2 aromatic rings. The monoisotopic (exact) mass is 435 g/mol. The number of likely N-dealkylation sites (N-methyl/N-ethyl adjacent to an activating group) is 1. The fourth-order valence-electron chi connectivity index (χ4n) is 4.50. The molecule has 0 spiro atoms. The van der Waals surface area contributed by atoms with Crippen LogP contribution in [0.3, 0.4) is 0 Å². The van der Waals surface area contributed by atoms with Crippen molar-refractivity contribution in [3.63, 3.8) is 0 Å². The lowest BCUT2D eigenvalue weighted by molar-refractivity contribution is -0.110. The number of hydrogen-bond acceptors (Lipinski definition) is 4. The SMILES string of the molecule is CN1C[C@H](O[Si](C)(C)C(C)(C)C)C[C@H]1c1nc2c(F)c3c(c(F)c2[nH]1)CC(C=O)C3. The summed E-state index contributed by atoms with van der Waals surface area (Å²) in [5.41, 5.74) is 0.755. The molecule has 0 saturated carbocycles. The normalized spacial score (nSPS) is 23.5. The van der Waals surface area contributed by atoms with Crippen LogP contribution >= 0.6 is 0 Å². The Balaban J connectivity index is 1.63. The zero-order chi connectivity index (χ0) is 22.0. The Labute approximate surface area is 177 Å². The van der Waals surface area contributed by atoms with Crippen LogP contribution in [0.4, 0.5) is 8.78 Å².